The van der Waals surface area contributed by atoms with E-state index in [1.54, 1.807) is 0 Å². The second kappa shape index (κ2) is 4.57. The molecular formula is C7H12O. The maximum absolute atomic E-state index is 10.1. The monoisotopic (exact) mass is 112 g/mol. The van der Waals surface area contributed by atoms with Crippen LogP contribution in [0.15, 0.2) is 11.6 Å². The topological polar surface area (TPSA) is 17.1 Å². The first-order valence-corrected chi connectivity index (χ1v) is 2.95. The Morgan fingerprint density at radius 3 is 2.38 bits per heavy atom. The van der Waals surface area contributed by atoms with Gasteiger partial charge in [-0.3, -0.25) is 4.79 Å². The molecule has 0 aliphatic carbocycles. The molecule has 0 spiro atoms. The molecule has 0 heterocycles. The van der Waals surface area contributed by atoms with Crippen LogP contribution in [0.2, 0.25) is 0 Å². The van der Waals surface area contributed by atoms with Crippen molar-refractivity contribution < 1.29 is 4.79 Å². The molecule has 0 saturated carbocycles. The fourth-order valence-electron chi connectivity index (χ4n) is 0.560. The van der Waals surface area contributed by atoms with Gasteiger partial charge >= 0.3 is 0 Å². The van der Waals surface area contributed by atoms with Crippen molar-refractivity contribution in [2.24, 2.45) is 0 Å². The second-order valence-electron chi connectivity index (χ2n) is 1.73. The van der Waals surface area contributed by atoms with Crippen LogP contribution in [-0.4, -0.2) is 6.29 Å². The van der Waals surface area contributed by atoms with Gasteiger partial charge in [-0.05, 0) is 18.9 Å². The van der Waals surface area contributed by atoms with Crippen molar-refractivity contribution in [1.29, 1.82) is 0 Å². The van der Waals surface area contributed by atoms with Crippen LogP contribution in [0.3, 0.4) is 0 Å². The molecule has 0 radical (unpaired) electrons. The van der Waals surface area contributed by atoms with Crippen molar-refractivity contribution in [2.45, 2.75) is 26.7 Å². The molecular weight excluding hydrogens is 100 g/mol. The average molecular weight is 112 g/mol. The summed E-state index contributed by atoms with van der Waals surface area (Å²) < 4.78 is 0. The molecule has 0 bridgehead atoms. The Morgan fingerprint density at radius 1 is 1.62 bits per heavy atom. The number of hydrogen-bond donors (Lipinski definition) is 0. The fourth-order valence-corrected chi connectivity index (χ4v) is 0.560. The molecule has 0 aliphatic heterocycles. The van der Waals surface area contributed by atoms with Gasteiger partial charge in [0.25, 0.3) is 0 Å². The number of carbonyl (C=O) groups is 1. The van der Waals surface area contributed by atoms with Crippen LogP contribution in [0.1, 0.15) is 26.7 Å². The lowest BCUT2D eigenvalue weighted by Gasteiger charge is -1.89. The summed E-state index contributed by atoms with van der Waals surface area (Å²) in [6.07, 6.45) is 4.75. The SMILES string of the molecule is C/C=C(\C=O)CCC. The minimum absolute atomic E-state index is 0.910. The zero-order valence-electron chi connectivity index (χ0n) is 5.48. The number of rotatable bonds is 3. The Hall–Kier alpha value is -0.590. The van der Waals surface area contributed by atoms with Gasteiger partial charge in [-0.25, -0.2) is 0 Å². The van der Waals surface area contributed by atoms with Crippen molar-refractivity contribution in [3.05, 3.63) is 11.6 Å². The molecule has 0 saturated heterocycles. The highest BCUT2D eigenvalue weighted by molar-refractivity contribution is 5.72. The maximum atomic E-state index is 10.1. The molecule has 0 atom stereocenters. The standard InChI is InChI=1S/C7H12O/c1-3-5-7(4-2)6-8/h4,6H,3,5H2,1-2H3/b7-4-. The van der Waals surface area contributed by atoms with Crippen LogP contribution in [0.25, 0.3) is 0 Å². The zero-order chi connectivity index (χ0) is 6.41. The van der Waals surface area contributed by atoms with Crippen molar-refractivity contribution in [3.8, 4) is 0 Å². The van der Waals surface area contributed by atoms with Gasteiger partial charge in [0.15, 0.2) is 0 Å². The lowest BCUT2D eigenvalue weighted by atomic mass is 10.2. The normalized spacial score (nSPS) is 11.5. The summed E-state index contributed by atoms with van der Waals surface area (Å²) >= 11 is 0. The maximum Gasteiger partial charge on any atom is 0.145 e. The highest BCUT2D eigenvalue weighted by Crippen LogP contribution is 1.98. The Labute approximate surface area is 50.4 Å². The van der Waals surface area contributed by atoms with Gasteiger partial charge in [-0.15, -0.1) is 0 Å². The smallest absolute Gasteiger partial charge is 0.145 e. The van der Waals surface area contributed by atoms with Crippen LogP contribution >= 0.6 is 0 Å². The first-order valence-electron chi connectivity index (χ1n) is 2.95. The molecule has 0 amide bonds. The van der Waals surface area contributed by atoms with E-state index in [4.69, 9.17) is 0 Å². The highest BCUT2D eigenvalue weighted by atomic mass is 16.1. The summed E-state index contributed by atoms with van der Waals surface area (Å²) in [5.41, 5.74) is 0.910. The lowest BCUT2D eigenvalue weighted by Crippen LogP contribution is -1.80. The van der Waals surface area contributed by atoms with Crippen molar-refractivity contribution >= 4 is 6.29 Å². The largest absolute Gasteiger partial charge is 0.298 e. The van der Waals surface area contributed by atoms with Gasteiger partial charge in [0, 0.05) is 0 Å². The quantitative estimate of drug-likeness (QED) is 0.402. The first-order chi connectivity index (χ1) is 3.85. The van der Waals surface area contributed by atoms with Crippen LogP contribution in [0.5, 0.6) is 0 Å². The number of aldehydes is 1. The van der Waals surface area contributed by atoms with E-state index in [-0.39, 0.29) is 0 Å². The Morgan fingerprint density at radius 2 is 2.25 bits per heavy atom. The van der Waals surface area contributed by atoms with Crippen molar-refractivity contribution in [3.63, 3.8) is 0 Å². The van der Waals surface area contributed by atoms with Crippen molar-refractivity contribution in [1.82, 2.24) is 0 Å². The molecule has 0 aromatic carbocycles. The Balaban J connectivity index is 3.54. The summed E-state index contributed by atoms with van der Waals surface area (Å²) in [7, 11) is 0. The Bertz CT molecular complexity index is 92.6. The van der Waals surface area contributed by atoms with Crippen LogP contribution < -0.4 is 0 Å². The minimum Gasteiger partial charge on any atom is -0.298 e. The third kappa shape index (κ3) is 2.56. The summed E-state index contributed by atoms with van der Waals surface area (Å²) in [5.74, 6) is 0. The summed E-state index contributed by atoms with van der Waals surface area (Å²) in [5, 5.41) is 0. The van der Waals surface area contributed by atoms with Gasteiger partial charge < -0.3 is 0 Å². The van der Waals surface area contributed by atoms with Crippen LogP contribution in [-0.2, 0) is 4.79 Å². The zero-order valence-corrected chi connectivity index (χ0v) is 5.48. The molecule has 0 aromatic heterocycles. The lowest BCUT2D eigenvalue weighted by molar-refractivity contribution is -0.105. The third-order valence-corrected chi connectivity index (χ3v) is 1.06. The fraction of sp³-hybridized carbons (Fsp3) is 0.571. The molecule has 0 rings (SSSR count). The highest BCUT2D eigenvalue weighted by Gasteiger charge is 1.87. The molecule has 0 unspecified atom stereocenters. The first kappa shape index (κ1) is 7.41. The summed E-state index contributed by atoms with van der Waals surface area (Å²) in [6.45, 7) is 3.95. The summed E-state index contributed by atoms with van der Waals surface area (Å²) in [6, 6.07) is 0. The van der Waals surface area contributed by atoms with Gasteiger partial charge in [-0.2, -0.15) is 0 Å². The van der Waals surface area contributed by atoms with E-state index in [0.717, 1.165) is 24.7 Å². The summed E-state index contributed by atoms with van der Waals surface area (Å²) in [4.78, 5) is 10.1. The van der Waals surface area contributed by atoms with E-state index < -0.39 is 0 Å². The van der Waals surface area contributed by atoms with E-state index in [0.29, 0.717) is 0 Å². The van der Waals surface area contributed by atoms with E-state index >= 15 is 0 Å². The number of allylic oxidation sites excluding steroid dienone is 2. The molecule has 0 aliphatic rings. The predicted octanol–water partition coefficient (Wildman–Crippen LogP) is 1.93. The number of hydrogen-bond acceptors (Lipinski definition) is 1. The van der Waals surface area contributed by atoms with E-state index in [2.05, 4.69) is 6.92 Å². The van der Waals surface area contributed by atoms with E-state index in [9.17, 15) is 4.79 Å². The van der Waals surface area contributed by atoms with E-state index in [1.165, 1.54) is 0 Å². The molecule has 1 nitrogen and oxygen atoms in total. The molecule has 0 fully saturated rings. The molecule has 0 aromatic rings. The molecule has 1 heteroatoms. The number of carbonyl (C=O) groups excluding carboxylic acids is 1. The van der Waals surface area contributed by atoms with Crippen LogP contribution in [0, 0.1) is 0 Å². The minimum atomic E-state index is 0.910. The Kier molecular flexibility index (Phi) is 4.23. The predicted molar refractivity (Wildman–Crippen MR) is 34.7 cm³/mol. The molecule has 46 valence electrons. The van der Waals surface area contributed by atoms with Crippen LogP contribution in [0.4, 0.5) is 0 Å². The van der Waals surface area contributed by atoms with Crippen molar-refractivity contribution in [2.75, 3.05) is 0 Å². The van der Waals surface area contributed by atoms with Gasteiger partial charge in [-0.1, -0.05) is 19.4 Å². The average Bonchev–Trinajstić information content (AvgIpc) is 1.83. The van der Waals surface area contributed by atoms with Gasteiger partial charge in [0.05, 0.1) is 0 Å². The molecule has 0 N–H and O–H groups in total. The molecule has 8 heavy (non-hydrogen) atoms. The third-order valence-electron chi connectivity index (χ3n) is 1.06. The van der Waals surface area contributed by atoms with Gasteiger partial charge in [0.2, 0.25) is 0 Å². The van der Waals surface area contributed by atoms with Gasteiger partial charge in [0.1, 0.15) is 6.29 Å². The second-order valence-corrected chi connectivity index (χ2v) is 1.73. The van der Waals surface area contributed by atoms with E-state index in [1.807, 2.05) is 13.0 Å².